The van der Waals surface area contributed by atoms with E-state index < -0.39 is 0 Å². The van der Waals surface area contributed by atoms with E-state index in [1.807, 2.05) is 11.6 Å². The van der Waals surface area contributed by atoms with Crippen LogP contribution in [-0.4, -0.2) is 32.5 Å². The zero-order chi connectivity index (χ0) is 16.7. The molecule has 4 bridgehead atoms. The molecule has 5 rings (SSSR count). The summed E-state index contributed by atoms with van der Waals surface area (Å²) in [5.41, 5.74) is 0.384. The molecule has 1 atom stereocenters. The Morgan fingerprint density at radius 1 is 1.33 bits per heavy atom. The van der Waals surface area contributed by atoms with E-state index >= 15 is 0 Å². The molecule has 0 saturated heterocycles. The summed E-state index contributed by atoms with van der Waals surface area (Å²) in [5, 5.41) is 12.1. The monoisotopic (exact) mass is 348 g/mol. The van der Waals surface area contributed by atoms with Gasteiger partial charge in [-0.05, 0) is 68.1 Å². The molecule has 1 N–H and O–H groups in total. The lowest BCUT2D eigenvalue weighted by Crippen LogP contribution is -2.57. The lowest BCUT2D eigenvalue weighted by atomic mass is 9.47. The Balaban J connectivity index is 1.39. The Labute approximate surface area is 148 Å². The van der Waals surface area contributed by atoms with Gasteiger partial charge in [0.15, 0.2) is 5.16 Å². The highest BCUT2D eigenvalue weighted by molar-refractivity contribution is 7.99. The Morgan fingerprint density at radius 3 is 2.46 bits per heavy atom. The van der Waals surface area contributed by atoms with Crippen LogP contribution in [0.4, 0.5) is 0 Å². The molecule has 1 amide bonds. The lowest BCUT2D eigenvalue weighted by Gasteiger charge is -2.59. The summed E-state index contributed by atoms with van der Waals surface area (Å²) in [5.74, 6) is 3.35. The Morgan fingerprint density at radius 2 is 1.96 bits per heavy atom. The van der Waals surface area contributed by atoms with Crippen LogP contribution >= 0.6 is 11.8 Å². The number of thioether (sulfide) groups is 1. The van der Waals surface area contributed by atoms with Gasteiger partial charge in [-0.2, -0.15) is 0 Å². The number of rotatable bonds is 6. The van der Waals surface area contributed by atoms with Crippen LogP contribution < -0.4 is 5.32 Å². The van der Waals surface area contributed by atoms with Crippen molar-refractivity contribution in [3.63, 3.8) is 0 Å². The molecule has 4 fully saturated rings. The minimum Gasteiger partial charge on any atom is -0.352 e. The third-order valence-corrected chi connectivity index (χ3v) is 7.60. The molecule has 24 heavy (non-hydrogen) atoms. The summed E-state index contributed by atoms with van der Waals surface area (Å²) in [6, 6.07) is 0.346. The first-order chi connectivity index (χ1) is 11.6. The van der Waals surface area contributed by atoms with Gasteiger partial charge in [0.2, 0.25) is 5.91 Å². The van der Waals surface area contributed by atoms with Crippen molar-refractivity contribution in [3.05, 3.63) is 6.33 Å². The fourth-order valence-corrected chi connectivity index (χ4v) is 6.76. The van der Waals surface area contributed by atoms with E-state index in [-0.39, 0.29) is 5.91 Å². The van der Waals surface area contributed by atoms with E-state index in [4.69, 9.17) is 0 Å². The van der Waals surface area contributed by atoms with Gasteiger partial charge in [0, 0.05) is 13.1 Å². The predicted molar refractivity (Wildman–Crippen MR) is 94.6 cm³/mol. The van der Waals surface area contributed by atoms with Crippen LogP contribution in [0.25, 0.3) is 0 Å². The molecular weight excluding hydrogens is 320 g/mol. The van der Waals surface area contributed by atoms with Gasteiger partial charge in [-0.25, -0.2) is 0 Å². The van der Waals surface area contributed by atoms with E-state index in [1.54, 1.807) is 6.33 Å². The second-order valence-corrected chi connectivity index (χ2v) is 9.26. The minimum atomic E-state index is 0.144. The number of nitrogens with zero attached hydrogens (tertiary/aromatic N) is 3. The van der Waals surface area contributed by atoms with Crippen LogP contribution in [0.3, 0.4) is 0 Å². The van der Waals surface area contributed by atoms with Crippen LogP contribution in [0.5, 0.6) is 0 Å². The maximum absolute atomic E-state index is 12.5. The summed E-state index contributed by atoms with van der Waals surface area (Å²) in [6.45, 7) is 2.24. The van der Waals surface area contributed by atoms with Crippen LogP contribution in [0.2, 0.25) is 0 Å². The van der Waals surface area contributed by atoms with Gasteiger partial charge >= 0.3 is 0 Å². The number of amides is 1. The van der Waals surface area contributed by atoms with Crippen LogP contribution in [0.15, 0.2) is 11.5 Å². The predicted octanol–water partition coefficient (Wildman–Crippen LogP) is 3.02. The third kappa shape index (κ3) is 2.98. The van der Waals surface area contributed by atoms with Gasteiger partial charge in [-0.1, -0.05) is 18.7 Å². The average molecular weight is 349 g/mol. The van der Waals surface area contributed by atoms with Gasteiger partial charge in [-0.15, -0.1) is 10.2 Å². The Hall–Kier alpha value is -1.04. The second-order valence-electron chi connectivity index (χ2n) is 8.32. The van der Waals surface area contributed by atoms with E-state index in [0.29, 0.717) is 17.2 Å². The topological polar surface area (TPSA) is 59.8 Å². The molecule has 1 aromatic heterocycles. The largest absolute Gasteiger partial charge is 0.352 e. The summed E-state index contributed by atoms with van der Waals surface area (Å²) in [6.07, 6.45) is 11.1. The molecule has 5 nitrogen and oxygen atoms in total. The highest BCUT2D eigenvalue weighted by atomic mass is 32.2. The Kier molecular flexibility index (Phi) is 4.35. The summed E-state index contributed by atoms with van der Waals surface area (Å²) in [7, 11) is 1.91. The molecule has 0 unspecified atom stereocenters. The smallest absolute Gasteiger partial charge is 0.230 e. The van der Waals surface area contributed by atoms with E-state index in [0.717, 1.165) is 29.3 Å². The zero-order valence-electron chi connectivity index (χ0n) is 14.7. The number of hydrogen-bond acceptors (Lipinski definition) is 4. The van der Waals surface area contributed by atoms with Gasteiger partial charge in [0.1, 0.15) is 6.33 Å². The SMILES string of the molecule is CC[C@H](NC(=O)CSc1nncn1C)C12CC3CC(CC(C3)C1)C2. The van der Waals surface area contributed by atoms with Crippen molar-refractivity contribution in [1.82, 2.24) is 20.1 Å². The zero-order valence-corrected chi connectivity index (χ0v) is 15.5. The molecule has 0 aliphatic heterocycles. The van der Waals surface area contributed by atoms with Crippen molar-refractivity contribution in [2.75, 3.05) is 5.75 Å². The van der Waals surface area contributed by atoms with E-state index in [9.17, 15) is 4.79 Å². The maximum Gasteiger partial charge on any atom is 0.230 e. The number of carbonyl (C=O) groups is 1. The molecule has 4 saturated carbocycles. The molecule has 4 aliphatic carbocycles. The number of hydrogen-bond donors (Lipinski definition) is 1. The summed E-state index contributed by atoms with van der Waals surface area (Å²) >= 11 is 1.47. The lowest BCUT2D eigenvalue weighted by molar-refractivity contribution is -0.124. The van der Waals surface area contributed by atoms with Crippen molar-refractivity contribution in [2.45, 2.75) is 63.1 Å². The van der Waals surface area contributed by atoms with Crippen molar-refractivity contribution in [1.29, 1.82) is 0 Å². The standard InChI is InChI=1S/C18H28N4OS/c1-3-15(20-16(23)10-24-17-21-19-11-22(17)2)18-7-12-4-13(8-18)6-14(5-12)9-18/h11-15H,3-10H2,1-2H3,(H,20,23)/t12?,13?,14?,15-,18?/m0/s1. The van der Waals surface area contributed by atoms with Gasteiger partial charge in [0.25, 0.3) is 0 Å². The molecule has 0 aromatic carbocycles. The molecule has 1 heterocycles. The number of aryl methyl sites for hydroxylation is 1. The van der Waals surface area contributed by atoms with Gasteiger partial charge < -0.3 is 9.88 Å². The third-order valence-electron chi connectivity index (χ3n) is 6.57. The first kappa shape index (κ1) is 16.4. The van der Waals surface area contributed by atoms with Crippen molar-refractivity contribution in [2.24, 2.45) is 30.2 Å². The summed E-state index contributed by atoms with van der Waals surface area (Å²) in [4.78, 5) is 12.5. The molecule has 132 valence electrons. The molecule has 0 radical (unpaired) electrons. The molecule has 1 aromatic rings. The fraction of sp³-hybridized carbons (Fsp3) is 0.833. The highest BCUT2D eigenvalue weighted by Crippen LogP contribution is 2.61. The first-order valence-corrected chi connectivity index (χ1v) is 10.3. The first-order valence-electron chi connectivity index (χ1n) is 9.34. The second kappa shape index (κ2) is 6.36. The van der Waals surface area contributed by atoms with Gasteiger partial charge in [-0.3, -0.25) is 4.79 Å². The van der Waals surface area contributed by atoms with Crippen molar-refractivity contribution >= 4 is 17.7 Å². The van der Waals surface area contributed by atoms with Crippen molar-refractivity contribution < 1.29 is 4.79 Å². The van der Waals surface area contributed by atoms with E-state index in [1.165, 1.54) is 50.3 Å². The number of nitrogens with one attached hydrogen (secondary N) is 1. The molecule has 6 heteroatoms. The van der Waals surface area contributed by atoms with Crippen LogP contribution in [0.1, 0.15) is 51.9 Å². The van der Waals surface area contributed by atoms with E-state index in [2.05, 4.69) is 22.4 Å². The van der Waals surface area contributed by atoms with Crippen LogP contribution in [0, 0.1) is 23.2 Å². The van der Waals surface area contributed by atoms with Crippen molar-refractivity contribution in [3.8, 4) is 0 Å². The maximum atomic E-state index is 12.5. The summed E-state index contributed by atoms with van der Waals surface area (Å²) < 4.78 is 1.86. The minimum absolute atomic E-state index is 0.144. The number of carbonyl (C=O) groups excluding carboxylic acids is 1. The average Bonchev–Trinajstić information content (AvgIpc) is 2.94. The Bertz CT molecular complexity index is 579. The molecule has 4 aliphatic rings. The number of aromatic nitrogens is 3. The highest BCUT2D eigenvalue weighted by Gasteiger charge is 2.53. The normalized spacial score (nSPS) is 35.2. The molecule has 0 spiro atoms. The van der Waals surface area contributed by atoms with Gasteiger partial charge in [0.05, 0.1) is 5.75 Å². The molecular formula is C18H28N4OS. The quantitative estimate of drug-likeness (QED) is 0.803. The van der Waals surface area contributed by atoms with Crippen LogP contribution in [-0.2, 0) is 11.8 Å². The fourth-order valence-electron chi connectivity index (χ4n) is 6.06.